The number of anilines is 2. The molecule has 1 unspecified atom stereocenters. The Labute approximate surface area is 193 Å². The molecule has 1 atom stereocenters. The van der Waals surface area contributed by atoms with Gasteiger partial charge in [0.1, 0.15) is 18.1 Å². The SMILES string of the molecule is CC(Nc1ccc(NC(=O)Cn2c(CS(C)(=O)=O)nc3ccccc32)cc1)c1ccccc1. The van der Waals surface area contributed by atoms with Crippen molar-refractivity contribution in [1.82, 2.24) is 9.55 Å². The second-order valence-electron chi connectivity index (χ2n) is 8.08. The summed E-state index contributed by atoms with van der Waals surface area (Å²) in [6.07, 6.45) is 1.16. The number of nitrogens with zero attached hydrogens (tertiary/aromatic N) is 2. The Kier molecular flexibility index (Phi) is 6.46. The topological polar surface area (TPSA) is 93.1 Å². The average Bonchev–Trinajstić information content (AvgIpc) is 3.11. The Hall–Kier alpha value is -3.65. The second kappa shape index (κ2) is 9.46. The summed E-state index contributed by atoms with van der Waals surface area (Å²) in [6, 6.07) is 25.1. The lowest BCUT2D eigenvalue weighted by atomic mass is 10.1. The predicted octanol–water partition coefficient (Wildman–Crippen LogP) is 4.39. The fourth-order valence-corrected chi connectivity index (χ4v) is 4.40. The van der Waals surface area contributed by atoms with Crippen molar-refractivity contribution in [3.63, 3.8) is 0 Å². The lowest BCUT2D eigenvalue weighted by Crippen LogP contribution is -2.21. The van der Waals surface area contributed by atoms with Crippen LogP contribution in [0.5, 0.6) is 0 Å². The van der Waals surface area contributed by atoms with Crippen LogP contribution in [0.2, 0.25) is 0 Å². The number of carbonyl (C=O) groups is 1. The highest BCUT2D eigenvalue weighted by Crippen LogP contribution is 2.21. The first-order valence-electron chi connectivity index (χ1n) is 10.6. The monoisotopic (exact) mass is 462 g/mol. The molecule has 7 nitrogen and oxygen atoms in total. The summed E-state index contributed by atoms with van der Waals surface area (Å²) in [7, 11) is -3.30. The van der Waals surface area contributed by atoms with Gasteiger partial charge in [0.2, 0.25) is 5.91 Å². The molecular weight excluding hydrogens is 436 g/mol. The molecule has 1 aromatic heterocycles. The zero-order valence-corrected chi connectivity index (χ0v) is 19.3. The largest absolute Gasteiger partial charge is 0.379 e. The Morgan fingerprint density at radius 3 is 2.27 bits per heavy atom. The highest BCUT2D eigenvalue weighted by molar-refractivity contribution is 7.89. The van der Waals surface area contributed by atoms with Gasteiger partial charge in [-0.25, -0.2) is 13.4 Å². The number of hydrogen-bond donors (Lipinski definition) is 2. The van der Waals surface area contributed by atoms with Crippen LogP contribution in [0.25, 0.3) is 11.0 Å². The summed E-state index contributed by atoms with van der Waals surface area (Å²) in [5, 5.41) is 6.32. The minimum atomic E-state index is -3.30. The number of rotatable bonds is 8. The first-order valence-corrected chi connectivity index (χ1v) is 12.7. The van der Waals surface area contributed by atoms with Crippen LogP contribution < -0.4 is 10.6 Å². The maximum atomic E-state index is 12.8. The Bertz CT molecular complexity index is 1360. The number of sulfone groups is 1. The summed E-state index contributed by atoms with van der Waals surface area (Å²) in [4.78, 5) is 17.2. The normalized spacial score (nSPS) is 12.4. The van der Waals surface area contributed by atoms with Crippen molar-refractivity contribution >= 4 is 38.2 Å². The fourth-order valence-electron chi connectivity index (χ4n) is 3.72. The smallest absolute Gasteiger partial charge is 0.244 e. The minimum absolute atomic E-state index is 0.0313. The number of fused-ring (bicyclic) bond motifs is 1. The molecule has 3 aromatic carbocycles. The van der Waals surface area contributed by atoms with Gasteiger partial charge in [0.15, 0.2) is 9.84 Å². The maximum Gasteiger partial charge on any atom is 0.244 e. The van der Waals surface area contributed by atoms with Crippen LogP contribution in [0.1, 0.15) is 24.4 Å². The van der Waals surface area contributed by atoms with Gasteiger partial charge >= 0.3 is 0 Å². The highest BCUT2D eigenvalue weighted by Gasteiger charge is 2.17. The van der Waals surface area contributed by atoms with Crippen LogP contribution >= 0.6 is 0 Å². The number of imidazole rings is 1. The molecule has 0 saturated heterocycles. The fraction of sp³-hybridized carbons (Fsp3) is 0.200. The van der Waals surface area contributed by atoms with Crippen molar-refractivity contribution in [2.45, 2.75) is 25.3 Å². The van der Waals surface area contributed by atoms with E-state index in [-0.39, 0.29) is 24.2 Å². The van der Waals surface area contributed by atoms with E-state index in [1.54, 1.807) is 10.6 Å². The predicted molar refractivity (Wildman–Crippen MR) is 132 cm³/mol. The first-order chi connectivity index (χ1) is 15.8. The van der Waals surface area contributed by atoms with Gasteiger partial charge in [-0.05, 0) is 48.9 Å². The van der Waals surface area contributed by atoms with E-state index in [9.17, 15) is 13.2 Å². The standard InChI is InChI=1S/C25H26N4O3S/c1-18(19-8-4-3-5-9-19)26-20-12-14-21(15-13-20)27-25(30)16-29-23-11-7-6-10-22(23)28-24(29)17-33(2,31)32/h3-15,18,26H,16-17H2,1-2H3,(H,27,30). The third kappa shape index (κ3) is 5.78. The summed E-state index contributed by atoms with van der Waals surface area (Å²) in [5.74, 6) is -0.135. The van der Waals surface area contributed by atoms with Gasteiger partial charge in [0, 0.05) is 23.7 Å². The van der Waals surface area contributed by atoms with Gasteiger partial charge in [-0.15, -0.1) is 0 Å². The van der Waals surface area contributed by atoms with Crippen LogP contribution in [0.3, 0.4) is 0 Å². The number of nitrogens with one attached hydrogen (secondary N) is 2. The molecule has 0 aliphatic heterocycles. The second-order valence-corrected chi connectivity index (χ2v) is 10.2. The average molecular weight is 463 g/mol. The molecule has 4 rings (SSSR count). The number of hydrogen-bond acceptors (Lipinski definition) is 5. The molecule has 0 bridgehead atoms. The highest BCUT2D eigenvalue weighted by atomic mass is 32.2. The lowest BCUT2D eigenvalue weighted by Gasteiger charge is -2.16. The minimum Gasteiger partial charge on any atom is -0.379 e. The Balaban J connectivity index is 1.45. The van der Waals surface area contributed by atoms with Crippen LogP contribution in [-0.4, -0.2) is 30.1 Å². The summed E-state index contributed by atoms with van der Waals surface area (Å²) in [6.45, 7) is 2.06. The number of para-hydroxylation sites is 2. The van der Waals surface area contributed by atoms with Gasteiger partial charge in [-0.2, -0.15) is 0 Å². The van der Waals surface area contributed by atoms with E-state index in [2.05, 4.69) is 34.7 Å². The van der Waals surface area contributed by atoms with Gasteiger partial charge in [0.25, 0.3) is 0 Å². The van der Waals surface area contributed by atoms with Gasteiger partial charge in [-0.1, -0.05) is 42.5 Å². The van der Waals surface area contributed by atoms with Crippen molar-refractivity contribution in [2.24, 2.45) is 0 Å². The molecule has 8 heteroatoms. The summed E-state index contributed by atoms with van der Waals surface area (Å²) >= 11 is 0. The van der Waals surface area contributed by atoms with E-state index in [1.165, 1.54) is 5.56 Å². The van der Waals surface area contributed by atoms with Crippen molar-refractivity contribution in [3.8, 4) is 0 Å². The molecule has 2 N–H and O–H groups in total. The molecule has 0 radical (unpaired) electrons. The van der Waals surface area contributed by atoms with Gasteiger partial charge < -0.3 is 15.2 Å². The zero-order chi connectivity index (χ0) is 23.4. The molecule has 33 heavy (non-hydrogen) atoms. The van der Waals surface area contributed by atoms with Crippen molar-refractivity contribution in [3.05, 3.63) is 90.3 Å². The molecule has 0 spiro atoms. The molecule has 1 amide bonds. The van der Waals surface area contributed by atoms with Crippen LogP contribution in [0.15, 0.2) is 78.9 Å². The van der Waals surface area contributed by atoms with E-state index in [4.69, 9.17) is 0 Å². The summed E-state index contributed by atoms with van der Waals surface area (Å²) < 4.78 is 25.3. The molecule has 0 aliphatic carbocycles. The van der Waals surface area contributed by atoms with Crippen molar-refractivity contribution in [1.29, 1.82) is 0 Å². The number of benzene rings is 3. The number of carbonyl (C=O) groups excluding carboxylic acids is 1. The molecule has 0 fully saturated rings. The van der Waals surface area contributed by atoms with Crippen molar-refractivity contribution in [2.75, 3.05) is 16.9 Å². The van der Waals surface area contributed by atoms with Gasteiger partial charge in [0.05, 0.1) is 11.0 Å². The molecule has 4 aromatic rings. The Morgan fingerprint density at radius 1 is 0.939 bits per heavy atom. The maximum absolute atomic E-state index is 12.8. The van der Waals surface area contributed by atoms with Crippen molar-refractivity contribution < 1.29 is 13.2 Å². The van der Waals surface area contributed by atoms with E-state index < -0.39 is 9.84 Å². The van der Waals surface area contributed by atoms with E-state index in [1.807, 2.05) is 60.7 Å². The van der Waals surface area contributed by atoms with E-state index in [0.717, 1.165) is 17.5 Å². The third-order valence-electron chi connectivity index (χ3n) is 5.28. The molecule has 1 heterocycles. The molecular formula is C25H26N4O3S. The number of amides is 1. The van der Waals surface area contributed by atoms with Crippen LogP contribution in [0, 0.1) is 0 Å². The third-order valence-corrected chi connectivity index (χ3v) is 6.06. The summed E-state index contributed by atoms with van der Waals surface area (Å²) in [5.41, 5.74) is 4.17. The van der Waals surface area contributed by atoms with E-state index in [0.29, 0.717) is 17.0 Å². The lowest BCUT2D eigenvalue weighted by molar-refractivity contribution is -0.116. The molecule has 0 saturated carbocycles. The van der Waals surface area contributed by atoms with Gasteiger partial charge in [-0.3, -0.25) is 4.79 Å². The number of aromatic nitrogens is 2. The van der Waals surface area contributed by atoms with E-state index >= 15 is 0 Å². The first kappa shape index (κ1) is 22.5. The zero-order valence-electron chi connectivity index (χ0n) is 18.5. The molecule has 0 aliphatic rings. The Morgan fingerprint density at radius 2 is 1.58 bits per heavy atom. The quantitative estimate of drug-likeness (QED) is 0.405. The van der Waals surface area contributed by atoms with Crippen LogP contribution in [-0.2, 0) is 26.9 Å². The molecule has 170 valence electrons. The van der Waals surface area contributed by atoms with Crippen LogP contribution in [0.4, 0.5) is 11.4 Å².